The summed E-state index contributed by atoms with van der Waals surface area (Å²) < 4.78 is 9.51. The van der Waals surface area contributed by atoms with Crippen molar-refractivity contribution < 1.29 is 24.3 Å². The van der Waals surface area contributed by atoms with Crippen LogP contribution in [-0.2, 0) is 9.53 Å². The number of carbonyl (C=O) groups is 1. The SMILES string of the molecule is CCOC(=O)C=Cc1cc(OC)c(O)c([N+](=O)[O-])c1. The second-order valence-electron chi connectivity index (χ2n) is 3.43. The van der Waals surface area contributed by atoms with Gasteiger partial charge >= 0.3 is 11.7 Å². The highest BCUT2D eigenvalue weighted by molar-refractivity contribution is 5.87. The Kier molecular flexibility index (Phi) is 4.87. The zero-order chi connectivity index (χ0) is 14.4. The Hall–Kier alpha value is -2.57. The van der Waals surface area contributed by atoms with Crippen LogP contribution in [0, 0.1) is 10.1 Å². The first-order chi connectivity index (χ1) is 8.99. The largest absolute Gasteiger partial charge is 0.500 e. The van der Waals surface area contributed by atoms with Gasteiger partial charge in [0.2, 0.25) is 5.75 Å². The number of hydrogen-bond acceptors (Lipinski definition) is 6. The predicted molar refractivity (Wildman–Crippen MR) is 67.0 cm³/mol. The van der Waals surface area contributed by atoms with Gasteiger partial charge in [0.1, 0.15) is 0 Å². The number of phenolic OH excluding ortho intramolecular Hbond substituents is 1. The lowest BCUT2D eigenvalue weighted by Crippen LogP contribution is -1.98. The van der Waals surface area contributed by atoms with Gasteiger partial charge < -0.3 is 14.6 Å². The molecule has 0 unspecified atom stereocenters. The molecule has 1 aromatic rings. The van der Waals surface area contributed by atoms with Gasteiger partial charge in [-0.05, 0) is 24.6 Å². The molecule has 19 heavy (non-hydrogen) atoms. The molecule has 1 rings (SSSR count). The predicted octanol–water partition coefficient (Wildman–Crippen LogP) is 1.89. The van der Waals surface area contributed by atoms with Crippen LogP contribution in [0.5, 0.6) is 11.5 Å². The first-order valence-electron chi connectivity index (χ1n) is 5.39. The van der Waals surface area contributed by atoms with Crippen LogP contribution in [0.4, 0.5) is 5.69 Å². The zero-order valence-corrected chi connectivity index (χ0v) is 10.5. The summed E-state index contributed by atoms with van der Waals surface area (Å²) in [5.41, 5.74) is -0.155. The molecule has 1 N–H and O–H groups in total. The normalized spacial score (nSPS) is 10.4. The van der Waals surface area contributed by atoms with Crippen molar-refractivity contribution in [2.24, 2.45) is 0 Å². The third-order valence-electron chi connectivity index (χ3n) is 2.19. The van der Waals surface area contributed by atoms with Crippen LogP contribution in [0.15, 0.2) is 18.2 Å². The fourth-order valence-corrected chi connectivity index (χ4v) is 1.36. The lowest BCUT2D eigenvalue weighted by molar-refractivity contribution is -0.386. The Labute approximate surface area is 109 Å². The second-order valence-corrected chi connectivity index (χ2v) is 3.43. The molecule has 0 aliphatic heterocycles. The number of hydrogen-bond donors (Lipinski definition) is 1. The second kappa shape index (κ2) is 6.39. The summed E-state index contributed by atoms with van der Waals surface area (Å²) in [7, 11) is 1.28. The molecule has 7 heteroatoms. The van der Waals surface area contributed by atoms with Crippen LogP contribution in [0.2, 0.25) is 0 Å². The molecule has 102 valence electrons. The van der Waals surface area contributed by atoms with E-state index in [1.807, 2.05) is 0 Å². The maximum Gasteiger partial charge on any atom is 0.330 e. The molecular weight excluding hydrogens is 254 g/mol. The van der Waals surface area contributed by atoms with Crippen LogP contribution >= 0.6 is 0 Å². The van der Waals surface area contributed by atoms with Crippen molar-refractivity contribution in [2.75, 3.05) is 13.7 Å². The van der Waals surface area contributed by atoms with E-state index in [9.17, 15) is 20.0 Å². The Bertz CT molecular complexity index is 523. The van der Waals surface area contributed by atoms with Gasteiger partial charge in [-0.3, -0.25) is 10.1 Å². The Morgan fingerprint density at radius 1 is 1.53 bits per heavy atom. The first kappa shape index (κ1) is 14.5. The number of phenols is 1. The number of carbonyl (C=O) groups excluding carboxylic acids is 1. The number of nitrogens with zero attached hydrogens (tertiary/aromatic N) is 1. The molecule has 1 aromatic carbocycles. The van der Waals surface area contributed by atoms with E-state index in [0.717, 1.165) is 12.1 Å². The molecule has 0 atom stereocenters. The van der Waals surface area contributed by atoms with Gasteiger partial charge in [-0.15, -0.1) is 0 Å². The number of aromatic hydroxyl groups is 1. The minimum Gasteiger partial charge on any atom is -0.500 e. The summed E-state index contributed by atoms with van der Waals surface area (Å²) in [5.74, 6) is -1.16. The quantitative estimate of drug-likeness (QED) is 0.378. The molecule has 0 spiro atoms. The van der Waals surface area contributed by atoms with Gasteiger partial charge in [0.05, 0.1) is 18.6 Å². The number of benzene rings is 1. The van der Waals surface area contributed by atoms with Crippen LogP contribution in [0.25, 0.3) is 6.08 Å². The first-order valence-corrected chi connectivity index (χ1v) is 5.39. The molecule has 0 aromatic heterocycles. The van der Waals surface area contributed by atoms with Crippen molar-refractivity contribution in [3.05, 3.63) is 33.9 Å². The van der Waals surface area contributed by atoms with E-state index in [0.29, 0.717) is 5.56 Å². The molecule has 0 saturated heterocycles. The van der Waals surface area contributed by atoms with E-state index < -0.39 is 22.3 Å². The third kappa shape index (κ3) is 3.70. The molecule has 7 nitrogen and oxygen atoms in total. The maximum atomic E-state index is 11.1. The zero-order valence-electron chi connectivity index (χ0n) is 10.5. The highest BCUT2D eigenvalue weighted by atomic mass is 16.6. The average molecular weight is 267 g/mol. The summed E-state index contributed by atoms with van der Waals surface area (Å²) in [6.07, 6.45) is 2.48. The van der Waals surface area contributed by atoms with Gasteiger partial charge in [-0.1, -0.05) is 0 Å². The summed E-state index contributed by atoms with van der Waals surface area (Å²) in [4.78, 5) is 21.2. The standard InChI is InChI=1S/C12H13NO6/c1-3-19-11(14)5-4-8-6-9(13(16)17)12(15)10(7-8)18-2/h4-7,15H,3H2,1-2H3. The van der Waals surface area contributed by atoms with E-state index in [2.05, 4.69) is 4.74 Å². The van der Waals surface area contributed by atoms with E-state index in [4.69, 9.17) is 4.74 Å². The number of nitro benzene ring substituents is 1. The highest BCUT2D eigenvalue weighted by Gasteiger charge is 2.19. The summed E-state index contributed by atoms with van der Waals surface area (Å²) in [6.45, 7) is 1.91. The molecule has 0 fully saturated rings. The molecule has 0 heterocycles. The van der Waals surface area contributed by atoms with Crippen LogP contribution in [-0.4, -0.2) is 29.7 Å². The van der Waals surface area contributed by atoms with Crippen molar-refractivity contribution in [1.82, 2.24) is 0 Å². The Morgan fingerprint density at radius 3 is 2.74 bits per heavy atom. The smallest absolute Gasteiger partial charge is 0.330 e. The van der Waals surface area contributed by atoms with Crippen LogP contribution < -0.4 is 4.74 Å². The Balaban J connectivity index is 3.12. The van der Waals surface area contributed by atoms with E-state index >= 15 is 0 Å². The summed E-state index contributed by atoms with van der Waals surface area (Å²) >= 11 is 0. The van der Waals surface area contributed by atoms with Gasteiger partial charge in [-0.25, -0.2) is 4.79 Å². The van der Waals surface area contributed by atoms with Gasteiger partial charge in [0.15, 0.2) is 5.75 Å². The number of methoxy groups -OCH3 is 1. The van der Waals surface area contributed by atoms with Gasteiger partial charge in [-0.2, -0.15) is 0 Å². The molecule has 0 radical (unpaired) electrons. The van der Waals surface area contributed by atoms with Crippen molar-refractivity contribution in [1.29, 1.82) is 0 Å². The number of rotatable bonds is 5. The van der Waals surface area contributed by atoms with Gasteiger partial charge in [0, 0.05) is 12.1 Å². The minimum atomic E-state index is -0.737. The molecular formula is C12H13NO6. The maximum absolute atomic E-state index is 11.1. The fourth-order valence-electron chi connectivity index (χ4n) is 1.36. The summed E-state index contributed by atoms with van der Waals surface area (Å²) in [5, 5.41) is 20.3. The average Bonchev–Trinajstić information content (AvgIpc) is 2.37. The van der Waals surface area contributed by atoms with Crippen molar-refractivity contribution in [3.8, 4) is 11.5 Å². The van der Waals surface area contributed by atoms with E-state index in [-0.39, 0.29) is 12.4 Å². The molecule has 0 amide bonds. The molecule has 0 saturated carbocycles. The number of ether oxygens (including phenoxy) is 2. The third-order valence-corrected chi connectivity index (χ3v) is 2.19. The van der Waals surface area contributed by atoms with E-state index in [1.165, 1.54) is 19.3 Å². The van der Waals surface area contributed by atoms with Crippen molar-refractivity contribution in [2.45, 2.75) is 6.92 Å². The van der Waals surface area contributed by atoms with Gasteiger partial charge in [0.25, 0.3) is 0 Å². The fraction of sp³-hybridized carbons (Fsp3) is 0.250. The number of esters is 1. The van der Waals surface area contributed by atoms with E-state index in [1.54, 1.807) is 6.92 Å². The lowest BCUT2D eigenvalue weighted by Gasteiger charge is -2.05. The monoisotopic (exact) mass is 267 g/mol. The molecule has 0 aliphatic rings. The summed E-state index contributed by atoms with van der Waals surface area (Å²) in [6, 6.07) is 2.51. The molecule has 0 bridgehead atoms. The number of nitro groups is 1. The van der Waals surface area contributed by atoms with Crippen LogP contribution in [0.3, 0.4) is 0 Å². The minimum absolute atomic E-state index is 0.0438. The highest BCUT2D eigenvalue weighted by Crippen LogP contribution is 2.37. The Morgan fingerprint density at radius 2 is 2.21 bits per heavy atom. The van der Waals surface area contributed by atoms with Crippen LogP contribution in [0.1, 0.15) is 12.5 Å². The van der Waals surface area contributed by atoms with Crippen molar-refractivity contribution in [3.63, 3.8) is 0 Å². The van der Waals surface area contributed by atoms with Crippen molar-refractivity contribution >= 4 is 17.7 Å². The molecule has 0 aliphatic carbocycles. The topological polar surface area (TPSA) is 98.9 Å². The lowest BCUT2D eigenvalue weighted by atomic mass is 10.1.